The zero-order valence-corrected chi connectivity index (χ0v) is 8.64. The summed E-state index contributed by atoms with van der Waals surface area (Å²) in [5.74, 6) is 0.820. The molecule has 0 aliphatic carbocycles. The number of nitro benzene ring substituents is 1. The van der Waals surface area contributed by atoms with E-state index in [2.05, 4.69) is 9.97 Å². The summed E-state index contributed by atoms with van der Waals surface area (Å²) in [5.41, 5.74) is 6.92. The second kappa shape index (κ2) is 4.28. The molecule has 2 rings (SSSR count). The van der Waals surface area contributed by atoms with Crippen LogP contribution in [0.25, 0.3) is 11.0 Å². The van der Waals surface area contributed by atoms with Crippen molar-refractivity contribution in [2.24, 2.45) is 5.73 Å². The highest BCUT2D eigenvalue weighted by Crippen LogP contribution is 2.19. The Morgan fingerprint density at radius 1 is 1.50 bits per heavy atom. The number of benzene rings is 1. The van der Waals surface area contributed by atoms with Crippen LogP contribution in [0.1, 0.15) is 12.2 Å². The Labute approximate surface area is 91.6 Å². The molecule has 0 spiro atoms. The molecule has 0 saturated heterocycles. The minimum atomic E-state index is -0.417. The first kappa shape index (κ1) is 10.6. The maximum absolute atomic E-state index is 10.6. The molecule has 0 unspecified atom stereocenters. The van der Waals surface area contributed by atoms with Crippen molar-refractivity contribution in [2.75, 3.05) is 6.54 Å². The van der Waals surface area contributed by atoms with Crippen molar-refractivity contribution in [1.29, 1.82) is 0 Å². The van der Waals surface area contributed by atoms with E-state index in [-0.39, 0.29) is 5.69 Å². The molecule has 0 fully saturated rings. The number of nitrogens with one attached hydrogen (secondary N) is 1. The number of nitrogens with two attached hydrogens (primary N) is 1. The third kappa shape index (κ3) is 2.01. The van der Waals surface area contributed by atoms with Crippen LogP contribution in [0.5, 0.6) is 0 Å². The molecule has 6 nitrogen and oxygen atoms in total. The van der Waals surface area contributed by atoms with E-state index in [1.807, 2.05) is 0 Å². The fourth-order valence-electron chi connectivity index (χ4n) is 1.55. The zero-order chi connectivity index (χ0) is 11.5. The van der Waals surface area contributed by atoms with E-state index < -0.39 is 4.92 Å². The highest BCUT2D eigenvalue weighted by molar-refractivity contribution is 5.77. The van der Waals surface area contributed by atoms with E-state index in [1.165, 1.54) is 12.1 Å². The number of aryl methyl sites for hydroxylation is 1. The fraction of sp³-hybridized carbons (Fsp3) is 0.300. The van der Waals surface area contributed by atoms with E-state index >= 15 is 0 Å². The lowest BCUT2D eigenvalue weighted by Crippen LogP contribution is -2.01. The Bertz CT molecular complexity index is 521. The average molecular weight is 220 g/mol. The molecule has 2 aromatic rings. The largest absolute Gasteiger partial charge is 0.342 e. The van der Waals surface area contributed by atoms with Gasteiger partial charge in [-0.25, -0.2) is 4.98 Å². The Balaban J connectivity index is 2.34. The maximum Gasteiger partial charge on any atom is 0.271 e. The van der Waals surface area contributed by atoms with Crippen molar-refractivity contribution >= 4 is 16.7 Å². The van der Waals surface area contributed by atoms with Gasteiger partial charge in [-0.15, -0.1) is 0 Å². The smallest absolute Gasteiger partial charge is 0.271 e. The minimum Gasteiger partial charge on any atom is -0.342 e. The lowest BCUT2D eigenvalue weighted by Gasteiger charge is -1.91. The predicted octanol–water partition coefficient (Wildman–Crippen LogP) is 1.36. The molecular weight excluding hydrogens is 208 g/mol. The number of nitro groups is 1. The number of hydrogen-bond donors (Lipinski definition) is 2. The Morgan fingerprint density at radius 3 is 3.00 bits per heavy atom. The van der Waals surface area contributed by atoms with E-state index in [0.29, 0.717) is 12.1 Å². The SMILES string of the molecule is NCCCc1nc2ccc([N+](=O)[O-])cc2[nH]1. The van der Waals surface area contributed by atoms with Gasteiger partial charge >= 0.3 is 0 Å². The van der Waals surface area contributed by atoms with Gasteiger partial charge in [-0.3, -0.25) is 10.1 Å². The fourth-order valence-corrected chi connectivity index (χ4v) is 1.55. The van der Waals surface area contributed by atoms with Crippen molar-refractivity contribution in [2.45, 2.75) is 12.8 Å². The van der Waals surface area contributed by atoms with Crippen LogP contribution < -0.4 is 5.73 Å². The van der Waals surface area contributed by atoms with Gasteiger partial charge in [-0.05, 0) is 19.0 Å². The molecule has 6 heteroatoms. The number of imidazole rings is 1. The highest BCUT2D eigenvalue weighted by Gasteiger charge is 2.09. The number of hydrogen-bond acceptors (Lipinski definition) is 4. The Kier molecular flexibility index (Phi) is 2.82. The average Bonchev–Trinajstić information content (AvgIpc) is 2.67. The van der Waals surface area contributed by atoms with Crippen molar-refractivity contribution in [1.82, 2.24) is 9.97 Å². The first-order valence-corrected chi connectivity index (χ1v) is 5.04. The van der Waals surface area contributed by atoms with Gasteiger partial charge < -0.3 is 10.7 Å². The van der Waals surface area contributed by atoms with Crippen molar-refractivity contribution in [3.63, 3.8) is 0 Å². The topological polar surface area (TPSA) is 97.8 Å². The zero-order valence-electron chi connectivity index (χ0n) is 8.64. The Morgan fingerprint density at radius 2 is 2.31 bits per heavy atom. The molecule has 0 bridgehead atoms. The molecule has 84 valence electrons. The summed E-state index contributed by atoms with van der Waals surface area (Å²) in [6, 6.07) is 4.60. The summed E-state index contributed by atoms with van der Waals surface area (Å²) >= 11 is 0. The van der Waals surface area contributed by atoms with E-state index in [4.69, 9.17) is 5.73 Å². The third-order valence-corrected chi connectivity index (χ3v) is 2.34. The van der Waals surface area contributed by atoms with Crippen LogP contribution in [0.4, 0.5) is 5.69 Å². The van der Waals surface area contributed by atoms with E-state index in [0.717, 1.165) is 24.2 Å². The second-order valence-corrected chi connectivity index (χ2v) is 3.53. The number of aromatic nitrogens is 2. The summed E-state index contributed by atoms with van der Waals surface area (Å²) in [5, 5.41) is 10.6. The van der Waals surface area contributed by atoms with Crippen LogP contribution in [-0.4, -0.2) is 21.4 Å². The lowest BCUT2D eigenvalue weighted by atomic mass is 10.3. The summed E-state index contributed by atoms with van der Waals surface area (Å²) in [4.78, 5) is 17.5. The van der Waals surface area contributed by atoms with Gasteiger partial charge in [0.25, 0.3) is 5.69 Å². The monoisotopic (exact) mass is 220 g/mol. The molecule has 0 aliphatic rings. The summed E-state index contributed by atoms with van der Waals surface area (Å²) < 4.78 is 0. The second-order valence-electron chi connectivity index (χ2n) is 3.53. The lowest BCUT2D eigenvalue weighted by molar-refractivity contribution is -0.384. The quantitative estimate of drug-likeness (QED) is 0.600. The number of H-pyrrole nitrogens is 1. The molecule has 1 aromatic carbocycles. The van der Waals surface area contributed by atoms with Crippen LogP contribution >= 0.6 is 0 Å². The number of fused-ring (bicyclic) bond motifs is 1. The first-order chi connectivity index (χ1) is 7.70. The molecule has 0 aliphatic heterocycles. The normalized spacial score (nSPS) is 10.8. The van der Waals surface area contributed by atoms with Gasteiger partial charge in [0.05, 0.1) is 16.0 Å². The van der Waals surface area contributed by atoms with Crippen LogP contribution in [0.3, 0.4) is 0 Å². The maximum atomic E-state index is 10.6. The van der Waals surface area contributed by atoms with Crippen molar-refractivity contribution in [3.05, 3.63) is 34.1 Å². The molecule has 3 N–H and O–H groups in total. The summed E-state index contributed by atoms with van der Waals surface area (Å²) in [6.07, 6.45) is 1.61. The van der Waals surface area contributed by atoms with Gasteiger partial charge in [0.2, 0.25) is 0 Å². The predicted molar refractivity (Wildman–Crippen MR) is 60.1 cm³/mol. The molecule has 1 heterocycles. The van der Waals surface area contributed by atoms with E-state index in [9.17, 15) is 10.1 Å². The van der Waals surface area contributed by atoms with E-state index in [1.54, 1.807) is 6.07 Å². The van der Waals surface area contributed by atoms with Gasteiger partial charge in [0.1, 0.15) is 5.82 Å². The first-order valence-electron chi connectivity index (χ1n) is 5.04. The van der Waals surface area contributed by atoms with Crippen molar-refractivity contribution in [3.8, 4) is 0 Å². The standard InChI is InChI=1S/C10H12N4O2/c11-5-1-2-10-12-8-4-3-7(14(15)16)6-9(8)13-10/h3-4,6H,1-2,5,11H2,(H,12,13). The highest BCUT2D eigenvalue weighted by atomic mass is 16.6. The number of non-ortho nitro benzene ring substituents is 1. The number of rotatable bonds is 4. The molecule has 1 aromatic heterocycles. The van der Waals surface area contributed by atoms with Gasteiger partial charge in [0.15, 0.2) is 0 Å². The van der Waals surface area contributed by atoms with Crippen LogP contribution in [0.15, 0.2) is 18.2 Å². The van der Waals surface area contributed by atoms with Gasteiger partial charge in [-0.1, -0.05) is 0 Å². The van der Waals surface area contributed by atoms with Crippen molar-refractivity contribution < 1.29 is 4.92 Å². The summed E-state index contributed by atoms with van der Waals surface area (Å²) in [6.45, 7) is 0.608. The Hall–Kier alpha value is -1.95. The molecule has 0 saturated carbocycles. The molecule has 0 radical (unpaired) electrons. The molecular formula is C10H12N4O2. The minimum absolute atomic E-state index is 0.0709. The third-order valence-electron chi connectivity index (χ3n) is 2.34. The van der Waals surface area contributed by atoms with Crippen LogP contribution in [-0.2, 0) is 6.42 Å². The number of nitrogens with zero attached hydrogens (tertiary/aromatic N) is 2. The van der Waals surface area contributed by atoms with Gasteiger partial charge in [-0.2, -0.15) is 0 Å². The summed E-state index contributed by atoms with van der Waals surface area (Å²) in [7, 11) is 0. The molecule has 0 amide bonds. The van der Waals surface area contributed by atoms with Crippen LogP contribution in [0.2, 0.25) is 0 Å². The molecule has 0 atom stereocenters. The number of aromatic amines is 1. The van der Waals surface area contributed by atoms with Crippen LogP contribution in [0, 0.1) is 10.1 Å². The van der Waals surface area contributed by atoms with Gasteiger partial charge in [0, 0.05) is 18.6 Å². The molecule has 16 heavy (non-hydrogen) atoms.